The summed E-state index contributed by atoms with van der Waals surface area (Å²) >= 11 is 0. The summed E-state index contributed by atoms with van der Waals surface area (Å²) in [4.78, 5) is 2.76. The van der Waals surface area contributed by atoms with Crippen LogP contribution in [0.25, 0.3) is 17.0 Å². The topological polar surface area (TPSA) is 82.9 Å². The van der Waals surface area contributed by atoms with Crippen molar-refractivity contribution >= 4 is 26.8 Å². The van der Waals surface area contributed by atoms with Crippen molar-refractivity contribution in [3.8, 4) is 11.8 Å². The van der Waals surface area contributed by atoms with Crippen LogP contribution < -0.4 is 4.74 Å². The Hall–Kier alpha value is -2.26. The second kappa shape index (κ2) is 4.78. The minimum absolute atomic E-state index is 0.272. The first-order valence-electron chi connectivity index (χ1n) is 5.42. The van der Waals surface area contributed by atoms with Gasteiger partial charge in [0.2, 0.25) is 0 Å². The van der Waals surface area contributed by atoms with Gasteiger partial charge in [0.25, 0.3) is 0 Å². The maximum absolute atomic E-state index is 11.4. The molecule has 0 fully saturated rings. The van der Waals surface area contributed by atoms with Gasteiger partial charge in [-0.1, -0.05) is 0 Å². The summed E-state index contributed by atoms with van der Waals surface area (Å²) in [6, 6.07) is 8.91. The molecule has 1 heterocycles. The van der Waals surface area contributed by atoms with E-state index in [1.165, 1.54) is 6.08 Å². The largest absolute Gasteiger partial charge is 0.497 e. The SMILES string of the molecule is COc1ccc2[nH]c(/C=C(\C#N)S(C)(=O)=O)cc2c1. The zero-order valence-electron chi connectivity index (χ0n) is 10.5. The van der Waals surface area contributed by atoms with Crippen LogP contribution >= 0.6 is 0 Å². The summed E-state index contributed by atoms with van der Waals surface area (Å²) in [5.41, 5.74) is 1.41. The Balaban J connectivity index is 2.53. The van der Waals surface area contributed by atoms with Crippen LogP contribution in [0.1, 0.15) is 5.69 Å². The second-order valence-corrected chi connectivity index (χ2v) is 6.05. The number of benzene rings is 1. The Labute approximate surface area is 111 Å². The van der Waals surface area contributed by atoms with E-state index in [2.05, 4.69) is 4.98 Å². The second-order valence-electron chi connectivity index (χ2n) is 4.07. The third-order valence-corrected chi connectivity index (χ3v) is 3.65. The fourth-order valence-corrected chi connectivity index (χ4v) is 2.21. The Morgan fingerprint density at radius 1 is 1.42 bits per heavy atom. The van der Waals surface area contributed by atoms with E-state index in [0.29, 0.717) is 11.4 Å². The number of nitriles is 1. The number of hydrogen-bond acceptors (Lipinski definition) is 4. The summed E-state index contributed by atoms with van der Waals surface area (Å²) < 4.78 is 27.8. The van der Waals surface area contributed by atoms with Crippen molar-refractivity contribution in [3.05, 3.63) is 34.9 Å². The molecule has 0 aliphatic heterocycles. The molecule has 0 amide bonds. The lowest BCUT2D eigenvalue weighted by Gasteiger charge is -1.97. The summed E-state index contributed by atoms with van der Waals surface area (Å²) in [6.07, 6.45) is 2.33. The molecule has 5 nitrogen and oxygen atoms in total. The molecule has 0 saturated carbocycles. The molecule has 0 unspecified atom stereocenters. The van der Waals surface area contributed by atoms with E-state index in [1.807, 2.05) is 12.1 Å². The minimum Gasteiger partial charge on any atom is -0.497 e. The average molecular weight is 276 g/mol. The molecule has 1 N–H and O–H groups in total. The molecule has 0 spiro atoms. The molecule has 2 rings (SSSR count). The molecule has 1 aromatic heterocycles. The number of sulfone groups is 1. The third-order valence-electron chi connectivity index (χ3n) is 2.65. The van der Waals surface area contributed by atoms with Gasteiger partial charge < -0.3 is 9.72 Å². The van der Waals surface area contributed by atoms with Crippen molar-refractivity contribution in [2.24, 2.45) is 0 Å². The molecule has 0 saturated heterocycles. The number of methoxy groups -OCH3 is 1. The van der Waals surface area contributed by atoms with Crippen molar-refractivity contribution in [2.75, 3.05) is 13.4 Å². The van der Waals surface area contributed by atoms with Crippen LogP contribution in [-0.2, 0) is 9.84 Å². The number of allylic oxidation sites excluding steroid dienone is 1. The van der Waals surface area contributed by atoms with Crippen LogP contribution in [0.3, 0.4) is 0 Å². The molecular weight excluding hydrogens is 264 g/mol. The number of ether oxygens (including phenoxy) is 1. The van der Waals surface area contributed by atoms with Gasteiger partial charge in [0.1, 0.15) is 16.7 Å². The molecule has 6 heteroatoms. The van der Waals surface area contributed by atoms with Crippen LogP contribution in [0.4, 0.5) is 0 Å². The zero-order valence-corrected chi connectivity index (χ0v) is 11.3. The third kappa shape index (κ3) is 2.77. The van der Waals surface area contributed by atoms with E-state index in [9.17, 15) is 8.42 Å². The number of hydrogen-bond donors (Lipinski definition) is 1. The summed E-state index contributed by atoms with van der Waals surface area (Å²) in [5.74, 6) is 0.714. The number of rotatable bonds is 3. The molecule has 0 aliphatic rings. The lowest BCUT2D eigenvalue weighted by Crippen LogP contribution is -1.98. The Morgan fingerprint density at radius 2 is 2.16 bits per heavy atom. The summed E-state index contributed by atoms with van der Waals surface area (Å²) in [7, 11) is -1.93. The van der Waals surface area contributed by atoms with Gasteiger partial charge in [-0.15, -0.1) is 0 Å². The van der Waals surface area contributed by atoms with E-state index in [4.69, 9.17) is 10.00 Å². The molecular formula is C13H12N2O3S. The maximum atomic E-state index is 11.4. The van der Waals surface area contributed by atoms with Gasteiger partial charge in [-0.2, -0.15) is 5.26 Å². The Kier molecular flexibility index (Phi) is 3.32. The summed E-state index contributed by atoms with van der Waals surface area (Å²) in [6.45, 7) is 0. The first-order valence-corrected chi connectivity index (χ1v) is 7.32. The molecule has 0 bridgehead atoms. The highest BCUT2D eigenvalue weighted by Crippen LogP contribution is 2.22. The van der Waals surface area contributed by atoms with E-state index in [0.717, 1.165) is 17.2 Å². The van der Waals surface area contributed by atoms with Crippen LogP contribution in [0.5, 0.6) is 5.75 Å². The first-order chi connectivity index (χ1) is 8.94. The summed E-state index contributed by atoms with van der Waals surface area (Å²) in [5, 5.41) is 9.73. The van der Waals surface area contributed by atoms with Crippen molar-refractivity contribution in [1.82, 2.24) is 4.98 Å². The van der Waals surface area contributed by atoms with Crippen molar-refractivity contribution in [2.45, 2.75) is 0 Å². The van der Waals surface area contributed by atoms with Gasteiger partial charge in [0, 0.05) is 22.9 Å². The van der Waals surface area contributed by atoms with Gasteiger partial charge in [-0.25, -0.2) is 8.42 Å². The lowest BCUT2D eigenvalue weighted by atomic mass is 10.2. The van der Waals surface area contributed by atoms with Crippen molar-refractivity contribution in [1.29, 1.82) is 5.26 Å². The number of nitrogens with one attached hydrogen (secondary N) is 1. The van der Waals surface area contributed by atoms with Gasteiger partial charge >= 0.3 is 0 Å². The Bertz CT molecular complexity index is 795. The standard InChI is InChI=1S/C13H12N2O3S/c1-18-11-3-4-13-9(6-11)5-10(15-13)7-12(8-14)19(2,16)17/h3-7,15H,1-2H3/b12-7+. The van der Waals surface area contributed by atoms with E-state index in [-0.39, 0.29) is 4.91 Å². The molecule has 0 atom stereocenters. The fraction of sp³-hybridized carbons (Fsp3) is 0.154. The van der Waals surface area contributed by atoms with Gasteiger partial charge in [0.15, 0.2) is 9.84 Å². The van der Waals surface area contributed by atoms with Crippen LogP contribution in [0, 0.1) is 11.3 Å². The highest BCUT2D eigenvalue weighted by atomic mass is 32.2. The number of aromatic nitrogens is 1. The molecule has 98 valence electrons. The predicted octanol–water partition coefficient (Wildman–Crippen LogP) is 2.09. The zero-order chi connectivity index (χ0) is 14.0. The smallest absolute Gasteiger partial charge is 0.185 e. The molecule has 2 aromatic rings. The number of fused-ring (bicyclic) bond motifs is 1. The van der Waals surface area contributed by atoms with Crippen LogP contribution in [-0.4, -0.2) is 26.8 Å². The van der Waals surface area contributed by atoms with E-state index < -0.39 is 9.84 Å². The highest BCUT2D eigenvalue weighted by Gasteiger charge is 2.11. The van der Waals surface area contributed by atoms with E-state index in [1.54, 1.807) is 25.3 Å². The first kappa shape index (κ1) is 13.2. The molecule has 19 heavy (non-hydrogen) atoms. The number of H-pyrrole nitrogens is 1. The fourth-order valence-electron chi connectivity index (χ4n) is 1.70. The molecule has 0 aliphatic carbocycles. The quantitative estimate of drug-likeness (QED) is 0.870. The number of aromatic amines is 1. The number of nitrogens with zero attached hydrogens (tertiary/aromatic N) is 1. The Morgan fingerprint density at radius 3 is 2.74 bits per heavy atom. The van der Waals surface area contributed by atoms with Crippen molar-refractivity contribution in [3.63, 3.8) is 0 Å². The monoisotopic (exact) mass is 276 g/mol. The average Bonchev–Trinajstić information content (AvgIpc) is 2.75. The van der Waals surface area contributed by atoms with Gasteiger partial charge in [-0.3, -0.25) is 0 Å². The van der Waals surface area contributed by atoms with Gasteiger partial charge in [0.05, 0.1) is 7.11 Å². The normalized spacial score (nSPS) is 12.4. The van der Waals surface area contributed by atoms with Crippen LogP contribution in [0.15, 0.2) is 29.2 Å². The van der Waals surface area contributed by atoms with E-state index >= 15 is 0 Å². The van der Waals surface area contributed by atoms with Gasteiger partial charge in [-0.05, 0) is 30.3 Å². The van der Waals surface area contributed by atoms with Crippen molar-refractivity contribution < 1.29 is 13.2 Å². The molecule has 0 radical (unpaired) electrons. The van der Waals surface area contributed by atoms with Crippen LogP contribution in [0.2, 0.25) is 0 Å². The lowest BCUT2D eigenvalue weighted by molar-refractivity contribution is 0.415. The molecule has 1 aromatic carbocycles. The minimum atomic E-state index is -3.51. The maximum Gasteiger partial charge on any atom is 0.185 e. The predicted molar refractivity (Wildman–Crippen MR) is 73.3 cm³/mol. The highest BCUT2D eigenvalue weighted by molar-refractivity contribution is 7.95.